The van der Waals surface area contributed by atoms with Gasteiger partial charge in [-0.25, -0.2) is 14.5 Å². The number of esters is 2. The topological polar surface area (TPSA) is 102 Å². The number of carbonyl (C=O) groups excluding carboxylic acids is 4. The Labute approximate surface area is 205 Å². The van der Waals surface area contributed by atoms with Gasteiger partial charge < -0.3 is 14.8 Å². The van der Waals surface area contributed by atoms with Gasteiger partial charge in [0.2, 0.25) is 18.0 Å². The van der Waals surface area contributed by atoms with Crippen LogP contribution >= 0.6 is 11.8 Å². The highest BCUT2D eigenvalue weighted by Gasteiger charge is 2.40. The Morgan fingerprint density at radius 1 is 1.00 bits per heavy atom. The molecule has 0 aromatic heterocycles. The van der Waals surface area contributed by atoms with E-state index in [1.807, 2.05) is 36.4 Å². The number of nitrogens with zero attached hydrogens (tertiary/aromatic N) is 1. The first-order valence-electron chi connectivity index (χ1n) is 10.8. The normalized spacial score (nSPS) is 18.9. The van der Waals surface area contributed by atoms with E-state index in [1.165, 1.54) is 31.0 Å². The van der Waals surface area contributed by atoms with Crippen LogP contribution in [0.2, 0.25) is 0 Å². The number of hydrogen-bond acceptors (Lipinski definition) is 8. The number of cyclic esters (lactones) is 1. The maximum Gasteiger partial charge on any atom is 0.340 e. The van der Waals surface area contributed by atoms with Crippen molar-refractivity contribution in [2.45, 2.75) is 22.8 Å². The molecular formula is C26H20N2O6S. The predicted octanol–water partition coefficient (Wildman–Crippen LogP) is 4.18. The zero-order valence-electron chi connectivity index (χ0n) is 18.6. The molecule has 0 bridgehead atoms. The summed E-state index contributed by atoms with van der Waals surface area (Å²) in [6.45, 7) is 0. The number of imide groups is 1. The highest BCUT2D eigenvalue weighted by atomic mass is 32.2. The highest BCUT2D eigenvalue weighted by Crippen LogP contribution is 2.36. The number of hydrogen-bond donors (Lipinski definition) is 1. The third kappa shape index (κ3) is 4.38. The number of benzene rings is 3. The summed E-state index contributed by atoms with van der Waals surface area (Å²) in [4.78, 5) is 51.2. The Bertz CT molecular complexity index is 1320. The van der Waals surface area contributed by atoms with Crippen LogP contribution in [-0.2, 0) is 19.1 Å². The number of carbonyl (C=O) groups is 4. The summed E-state index contributed by atoms with van der Waals surface area (Å²) in [6.07, 6.45) is -0.484. The molecule has 5 rings (SSSR count). The van der Waals surface area contributed by atoms with Crippen molar-refractivity contribution in [2.75, 3.05) is 17.3 Å². The third-order valence-corrected chi connectivity index (χ3v) is 6.97. The van der Waals surface area contributed by atoms with Gasteiger partial charge in [-0.05, 0) is 54.6 Å². The second-order valence-corrected chi connectivity index (χ2v) is 9.23. The van der Waals surface area contributed by atoms with Crippen LogP contribution in [0.5, 0.6) is 0 Å². The van der Waals surface area contributed by atoms with E-state index >= 15 is 0 Å². The Balaban J connectivity index is 1.24. The zero-order chi connectivity index (χ0) is 24.5. The maximum atomic E-state index is 13.0. The molecule has 8 nitrogen and oxygen atoms in total. The monoisotopic (exact) mass is 488 g/mol. The number of amides is 2. The quantitative estimate of drug-likeness (QED) is 0.407. The molecule has 2 heterocycles. The van der Waals surface area contributed by atoms with Crippen molar-refractivity contribution < 1.29 is 28.7 Å². The lowest BCUT2D eigenvalue weighted by Crippen LogP contribution is -2.31. The number of nitrogens with one attached hydrogen (secondary N) is 1. The summed E-state index contributed by atoms with van der Waals surface area (Å²) < 4.78 is 10.1. The van der Waals surface area contributed by atoms with Crippen LogP contribution in [0.25, 0.3) is 0 Å². The first-order valence-corrected chi connectivity index (χ1v) is 11.7. The van der Waals surface area contributed by atoms with Gasteiger partial charge in [-0.15, -0.1) is 11.8 Å². The van der Waals surface area contributed by atoms with E-state index in [4.69, 9.17) is 4.74 Å². The molecule has 1 saturated heterocycles. The fourth-order valence-corrected chi connectivity index (χ4v) is 5.08. The van der Waals surface area contributed by atoms with E-state index in [0.29, 0.717) is 16.8 Å². The number of fused-ring (bicyclic) bond motifs is 1. The van der Waals surface area contributed by atoms with Crippen LogP contribution in [0, 0.1) is 0 Å². The van der Waals surface area contributed by atoms with Crippen LogP contribution in [0.1, 0.15) is 38.9 Å². The molecule has 0 radical (unpaired) electrons. The molecule has 3 aromatic carbocycles. The third-order valence-electron chi connectivity index (χ3n) is 5.77. The van der Waals surface area contributed by atoms with Crippen molar-refractivity contribution in [3.05, 3.63) is 89.5 Å². The number of rotatable bonds is 6. The van der Waals surface area contributed by atoms with Crippen LogP contribution in [0.15, 0.2) is 77.7 Å². The molecule has 2 unspecified atom stereocenters. The van der Waals surface area contributed by atoms with E-state index in [1.54, 1.807) is 24.3 Å². The first-order chi connectivity index (χ1) is 16.9. The number of methoxy groups -OCH3 is 1. The van der Waals surface area contributed by atoms with E-state index in [2.05, 4.69) is 10.1 Å². The van der Waals surface area contributed by atoms with Gasteiger partial charge in [-0.2, -0.15) is 0 Å². The van der Waals surface area contributed by atoms with Gasteiger partial charge in [0.1, 0.15) is 0 Å². The average molecular weight is 489 g/mol. The molecule has 2 amide bonds. The number of anilines is 2. The van der Waals surface area contributed by atoms with Gasteiger partial charge in [0.05, 0.1) is 29.2 Å². The van der Waals surface area contributed by atoms with Crippen LogP contribution in [0.4, 0.5) is 11.4 Å². The van der Waals surface area contributed by atoms with Crippen LogP contribution < -0.4 is 10.2 Å². The molecule has 1 N–H and O–H groups in total. The molecule has 0 saturated carbocycles. The lowest BCUT2D eigenvalue weighted by molar-refractivity contribution is -0.121. The summed E-state index contributed by atoms with van der Waals surface area (Å²) in [5, 5.41) is 2.64. The summed E-state index contributed by atoms with van der Waals surface area (Å²) in [5.41, 5.74) is 2.84. The second-order valence-electron chi connectivity index (χ2n) is 7.96. The van der Waals surface area contributed by atoms with Gasteiger partial charge in [0.25, 0.3) is 0 Å². The molecule has 2 aliphatic rings. The fraction of sp³-hybridized carbons (Fsp3) is 0.154. The zero-order valence-corrected chi connectivity index (χ0v) is 19.4. The molecule has 2 atom stereocenters. The molecule has 0 aliphatic carbocycles. The standard InChI is InChI=1S/C26H20N2O6S/c1-33-25(31)15-6-10-17(11-7-15)28-22(29)14-21(24(28)30)35-18-12-8-16(9-13-18)27-23-19-4-2-3-5-20(19)26(32)34-23/h2-13,21,23,27H,14H2,1H3. The van der Waals surface area contributed by atoms with Crippen molar-refractivity contribution in [3.8, 4) is 0 Å². The minimum absolute atomic E-state index is 0.0804. The average Bonchev–Trinajstić information content (AvgIpc) is 3.34. The maximum absolute atomic E-state index is 13.0. The van der Waals surface area contributed by atoms with E-state index < -0.39 is 17.4 Å². The molecule has 0 spiro atoms. The van der Waals surface area contributed by atoms with Crippen molar-refractivity contribution in [3.63, 3.8) is 0 Å². The molecular weight excluding hydrogens is 468 g/mol. The molecule has 9 heteroatoms. The van der Waals surface area contributed by atoms with Crippen molar-refractivity contribution >= 4 is 46.9 Å². The largest absolute Gasteiger partial charge is 0.465 e. The Kier molecular flexibility index (Phi) is 6.00. The molecule has 35 heavy (non-hydrogen) atoms. The Hall–Kier alpha value is -4.11. The van der Waals surface area contributed by atoms with Crippen molar-refractivity contribution in [1.29, 1.82) is 0 Å². The minimum Gasteiger partial charge on any atom is -0.465 e. The van der Waals surface area contributed by atoms with E-state index in [0.717, 1.165) is 21.0 Å². The lowest BCUT2D eigenvalue weighted by Gasteiger charge is -2.16. The molecule has 1 fully saturated rings. The number of thioether (sulfide) groups is 1. The summed E-state index contributed by atoms with van der Waals surface area (Å²) >= 11 is 1.31. The highest BCUT2D eigenvalue weighted by molar-refractivity contribution is 8.00. The minimum atomic E-state index is -0.564. The fourth-order valence-electron chi connectivity index (χ4n) is 4.03. The summed E-state index contributed by atoms with van der Waals surface area (Å²) in [7, 11) is 1.29. The smallest absolute Gasteiger partial charge is 0.340 e. The molecule has 3 aromatic rings. The summed E-state index contributed by atoms with van der Waals surface area (Å²) in [5.74, 6) is -1.45. The van der Waals surface area contributed by atoms with Gasteiger partial charge >= 0.3 is 11.9 Å². The van der Waals surface area contributed by atoms with Gasteiger partial charge in [0.15, 0.2) is 0 Å². The van der Waals surface area contributed by atoms with Gasteiger partial charge in [-0.3, -0.25) is 9.59 Å². The van der Waals surface area contributed by atoms with Crippen molar-refractivity contribution in [1.82, 2.24) is 0 Å². The van der Waals surface area contributed by atoms with Crippen molar-refractivity contribution in [2.24, 2.45) is 0 Å². The van der Waals surface area contributed by atoms with Crippen LogP contribution in [-0.4, -0.2) is 36.1 Å². The first kappa shape index (κ1) is 22.7. The second kappa shape index (κ2) is 9.27. The molecule has 176 valence electrons. The van der Waals surface area contributed by atoms with E-state index in [9.17, 15) is 19.2 Å². The molecule has 2 aliphatic heterocycles. The summed E-state index contributed by atoms with van der Waals surface area (Å²) in [6, 6.07) is 20.8. The Morgan fingerprint density at radius 2 is 1.71 bits per heavy atom. The SMILES string of the molecule is COC(=O)c1ccc(N2C(=O)CC(Sc3ccc(NC4OC(=O)c5ccccc54)cc3)C2=O)cc1. The van der Waals surface area contributed by atoms with Gasteiger partial charge in [-0.1, -0.05) is 18.2 Å². The van der Waals surface area contributed by atoms with Gasteiger partial charge in [0, 0.05) is 22.6 Å². The van der Waals surface area contributed by atoms with E-state index in [-0.39, 0.29) is 24.2 Å². The predicted molar refractivity (Wildman–Crippen MR) is 129 cm³/mol. The lowest BCUT2D eigenvalue weighted by atomic mass is 10.1. The number of ether oxygens (including phenoxy) is 2. The Morgan fingerprint density at radius 3 is 2.43 bits per heavy atom. The van der Waals surface area contributed by atoms with Crippen LogP contribution in [0.3, 0.4) is 0 Å².